The summed E-state index contributed by atoms with van der Waals surface area (Å²) in [5.74, 6) is -2.30. The lowest BCUT2D eigenvalue weighted by Crippen LogP contribution is -2.41. The zero-order chi connectivity index (χ0) is 29.0. The van der Waals surface area contributed by atoms with Crippen LogP contribution in [0, 0.1) is 17.0 Å². The second-order valence-electron chi connectivity index (χ2n) is 10.3. The zero-order valence-corrected chi connectivity index (χ0v) is 22.1. The Bertz CT molecular complexity index is 2010. The van der Waals surface area contributed by atoms with E-state index in [1.807, 2.05) is 36.5 Å². The van der Waals surface area contributed by atoms with Crippen molar-refractivity contribution < 1.29 is 23.1 Å². The number of aromatic amines is 1. The predicted octanol–water partition coefficient (Wildman–Crippen LogP) is 6.48. The number of ether oxygens (including phenoxy) is 1. The second-order valence-corrected chi connectivity index (χ2v) is 10.3. The molecule has 2 amide bonds. The summed E-state index contributed by atoms with van der Waals surface area (Å²) in [4.78, 5) is 30.1. The number of fused-ring (bicyclic) bond motifs is 2. The molecule has 0 radical (unpaired) electrons. The number of benzene rings is 3. The van der Waals surface area contributed by atoms with E-state index < -0.39 is 28.9 Å². The third-order valence-corrected chi connectivity index (χ3v) is 7.70. The van der Waals surface area contributed by atoms with Crippen molar-refractivity contribution >= 4 is 39.6 Å². The molecule has 7 rings (SSSR count). The molecule has 3 aromatic carbocycles. The summed E-state index contributed by atoms with van der Waals surface area (Å²) in [6.45, 7) is 0. The number of nitrogens with zero attached hydrogens (tertiary/aromatic N) is 3. The highest BCUT2D eigenvalue weighted by molar-refractivity contribution is 6.16. The predicted molar refractivity (Wildman–Crippen MR) is 153 cm³/mol. The van der Waals surface area contributed by atoms with Crippen LogP contribution in [0.1, 0.15) is 12.8 Å². The molecular weight excluding hydrogens is 540 g/mol. The van der Waals surface area contributed by atoms with Gasteiger partial charge in [0, 0.05) is 41.3 Å². The molecule has 0 saturated heterocycles. The number of hydrogen-bond donors (Lipinski definition) is 2. The van der Waals surface area contributed by atoms with Gasteiger partial charge in [0.25, 0.3) is 0 Å². The van der Waals surface area contributed by atoms with Crippen LogP contribution >= 0.6 is 0 Å². The fourth-order valence-corrected chi connectivity index (χ4v) is 5.25. The van der Waals surface area contributed by atoms with Crippen LogP contribution in [-0.2, 0) is 9.59 Å². The Morgan fingerprint density at radius 1 is 0.929 bits per heavy atom. The summed E-state index contributed by atoms with van der Waals surface area (Å²) in [6.07, 6.45) is 5.81. The Morgan fingerprint density at radius 2 is 1.71 bits per heavy atom. The molecule has 42 heavy (non-hydrogen) atoms. The van der Waals surface area contributed by atoms with E-state index in [1.165, 1.54) is 41.3 Å². The molecule has 208 valence electrons. The Kier molecular flexibility index (Phi) is 5.79. The summed E-state index contributed by atoms with van der Waals surface area (Å²) < 4.78 is 37.1. The van der Waals surface area contributed by atoms with E-state index in [0.29, 0.717) is 11.3 Å². The fourth-order valence-electron chi connectivity index (χ4n) is 5.25. The van der Waals surface area contributed by atoms with Gasteiger partial charge in [-0.2, -0.15) is 5.10 Å². The van der Waals surface area contributed by atoms with E-state index in [1.54, 1.807) is 23.0 Å². The standard InChI is InChI=1S/C32H23F2N5O3/c33-21-3-5-22(6-4-21)39(31(41)32(12-13-32)30(35)40)23-7-8-27(25(34)18-23)42-28-10-15-37-38-16-11-24(29(28)38)20-2-1-19-9-14-36-26(19)17-20/h1-11,14-18,36H,12-13H2,(H2,35,40). The van der Waals surface area contributed by atoms with E-state index in [4.69, 9.17) is 10.5 Å². The first-order valence-corrected chi connectivity index (χ1v) is 13.3. The molecule has 10 heteroatoms. The van der Waals surface area contributed by atoms with Crippen molar-refractivity contribution in [3.63, 3.8) is 0 Å². The van der Waals surface area contributed by atoms with Crippen LogP contribution < -0.4 is 15.4 Å². The highest BCUT2D eigenvalue weighted by atomic mass is 19.1. The van der Waals surface area contributed by atoms with Crippen LogP contribution in [0.15, 0.2) is 97.5 Å². The molecule has 6 aromatic rings. The van der Waals surface area contributed by atoms with Gasteiger partial charge in [0.1, 0.15) is 16.7 Å². The zero-order valence-electron chi connectivity index (χ0n) is 22.1. The van der Waals surface area contributed by atoms with Crippen molar-refractivity contribution in [2.45, 2.75) is 12.8 Å². The van der Waals surface area contributed by atoms with Gasteiger partial charge in [-0.3, -0.25) is 14.5 Å². The lowest BCUT2D eigenvalue weighted by molar-refractivity contribution is -0.133. The Morgan fingerprint density at radius 3 is 2.45 bits per heavy atom. The molecule has 0 unspecified atom stereocenters. The van der Waals surface area contributed by atoms with Crippen molar-refractivity contribution in [1.82, 2.24) is 14.6 Å². The van der Waals surface area contributed by atoms with E-state index in [2.05, 4.69) is 10.1 Å². The molecule has 3 heterocycles. The first-order valence-electron chi connectivity index (χ1n) is 13.3. The van der Waals surface area contributed by atoms with Crippen LogP contribution in [0.25, 0.3) is 27.5 Å². The number of primary amides is 1. The van der Waals surface area contributed by atoms with Crippen LogP contribution in [0.2, 0.25) is 0 Å². The molecule has 1 saturated carbocycles. The largest absolute Gasteiger partial charge is 0.452 e. The van der Waals surface area contributed by atoms with Gasteiger partial charge in [0.2, 0.25) is 11.8 Å². The van der Waals surface area contributed by atoms with Crippen LogP contribution in [0.3, 0.4) is 0 Å². The highest BCUT2D eigenvalue weighted by Gasteiger charge is 2.57. The number of anilines is 2. The third kappa shape index (κ3) is 4.15. The van der Waals surface area contributed by atoms with Crippen LogP contribution in [-0.4, -0.2) is 26.4 Å². The van der Waals surface area contributed by atoms with Gasteiger partial charge in [0.15, 0.2) is 17.3 Å². The number of rotatable bonds is 7. The number of amides is 2. The lowest BCUT2D eigenvalue weighted by Gasteiger charge is -2.26. The first-order chi connectivity index (χ1) is 20.3. The summed E-state index contributed by atoms with van der Waals surface area (Å²) in [6, 6.07) is 20.8. The normalized spacial score (nSPS) is 13.8. The maximum Gasteiger partial charge on any atom is 0.247 e. The summed E-state index contributed by atoms with van der Waals surface area (Å²) in [5.41, 5.74) is 7.99. The van der Waals surface area contributed by atoms with Gasteiger partial charge in [-0.25, -0.2) is 13.3 Å². The average molecular weight is 564 g/mol. The van der Waals surface area contributed by atoms with Gasteiger partial charge in [0.05, 0.1) is 11.9 Å². The number of H-pyrrole nitrogens is 1. The lowest BCUT2D eigenvalue weighted by atomic mass is 10.0. The van der Waals surface area contributed by atoms with E-state index >= 15 is 4.39 Å². The molecule has 1 aliphatic rings. The monoisotopic (exact) mass is 563 g/mol. The number of aromatic nitrogens is 3. The van der Waals surface area contributed by atoms with Crippen molar-refractivity contribution in [3.8, 4) is 22.6 Å². The molecule has 3 aromatic heterocycles. The molecule has 1 fully saturated rings. The van der Waals surface area contributed by atoms with Crippen molar-refractivity contribution in [2.24, 2.45) is 11.1 Å². The van der Waals surface area contributed by atoms with Gasteiger partial charge in [-0.1, -0.05) is 12.1 Å². The number of carbonyl (C=O) groups excluding carboxylic acids is 2. The number of nitrogens with one attached hydrogen (secondary N) is 1. The number of nitrogens with two attached hydrogens (primary N) is 1. The summed E-state index contributed by atoms with van der Waals surface area (Å²) in [7, 11) is 0. The van der Waals surface area contributed by atoms with Gasteiger partial charge >= 0.3 is 0 Å². The van der Waals surface area contributed by atoms with E-state index in [9.17, 15) is 14.0 Å². The Balaban J connectivity index is 1.26. The van der Waals surface area contributed by atoms with Crippen molar-refractivity contribution in [3.05, 3.63) is 109 Å². The third-order valence-electron chi connectivity index (χ3n) is 7.70. The summed E-state index contributed by atoms with van der Waals surface area (Å²) in [5, 5.41) is 5.45. The maximum absolute atomic E-state index is 15.7. The number of halogens is 2. The van der Waals surface area contributed by atoms with Crippen LogP contribution in [0.5, 0.6) is 11.5 Å². The molecule has 0 aliphatic heterocycles. The topological polar surface area (TPSA) is 106 Å². The maximum atomic E-state index is 15.7. The molecule has 3 N–H and O–H groups in total. The Hall–Kier alpha value is -5.51. The van der Waals surface area contributed by atoms with E-state index in [-0.39, 0.29) is 30.0 Å². The SMILES string of the molecule is NC(=O)C1(C(=O)N(c2ccc(F)cc2)c2ccc(Oc3ccnn4ccc(-c5ccc6cc[nH]c6c5)c34)c(F)c2)CC1. The van der Waals surface area contributed by atoms with Crippen molar-refractivity contribution in [2.75, 3.05) is 4.90 Å². The fraction of sp³-hybridized carbons (Fsp3) is 0.0938. The quantitative estimate of drug-likeness (QED) is 0.217. The second kappa shape index (κ2) is 9.55. The highest BCUT2D eigenvalue weighted by Crippen LogP contribution is 2.49. The molecule has 1 aliphatic carbocycles. The molecule has 0 spiro atoms. The van der Waals surface area contributed by atoms with Gasteiger partial charge in [-0.05, 0) is 78.4 Å². The number of hydrogen-bond acceptors (Lipinski definition) is 4. The molecule has 8 nitrogen and oxygen atoms in total. The first kappa shape index (κ1) is 25.5. The van der Waals surface area contributed by atoms with Crippen molar-refractivity contribution in [1.29, 1.82) is 0 Å². The number of carbonyl (C=O) groups is 2. The minimum atomic E-state index is -1.38. The van der Waals surface area contributed by atoms with E-state index in [0.717, 1.165) is 28.1 Å². The molecule has 0 bridgehead atoms. The van der Waals surface area contributed by atoms with Gasteiger partial charge in [-0.15, -0.1) is 0 Å². The minimum absolute atomic E-state index is 0.0821. The minimum Gasteiger partial charge on any atom is -0.452 e. The van der Waals surface area contributed by atoms with Gasteiger partial charge < -0.3 is 15.5 Å². The van der Waals surface area contributed by atoms with Crippen LogP contribution in [0.4, 0.5) is 20.2 Å². The molecule has 0 atom stereocenters. The molecular formula is C32H23F2N5O3. The smallest absolute Gasteiger partial charge is 0.247 e. The summed E-state index contributed by atoms with van der Waals surface area (Å²) >= 11 is 0. The average Bonchev–Trinajstić information content (AvgIpc) is 3.48. The Labute approximate surface area is 237 Å².